The molecule has 4 rings (SSSR count). The average Bonchev–Trinajstić information content (AvgIpc) is 3.15. The van der Waals surface area contributed by atoms with Crippen LogP contribution in [-0.4, -0.2) is 7.11 Å². The first-order valence-corrected chi connectivity index (χ1v) is 12.2. The first-order chi connectivity index (χ1) is 14.7. The quantitative estimate of drug-likeness (QED) is 0.436. The zero-order valence-electron chi connectivity index (χ0n) is 19.5. The number of ether oxygens (including phenoxy) is 1. The Hall–Kier alpha value is -2.02. The van der Waals surface area contributed by atoms with E-state index < -0.39 is 0 Å². The van der Waals surface area contributed by atoms with Crippen molar-refractivity contribution in [3.05, 3.63) is 57.2 Å². The molecule has 0 saturated carbocycles. The molecule has 2 aliphatic rings. The van der Waals surface area contributed by atoms with Crippen LogP contribution in [0.4, 0.5) is 0 Å². The third-order valence-electron chi connectivity index (χ3n) is 7.00. The molecule has 0 aromatic heterocycles. The van der Waals surface area contributed by atoms with E-state index in [4.69, 9.17) is 4.74 Å². The van der Waals surface area contributed by atoms with Crippen LogP contribution in [0.5, 0.6) is 5.75 Å². The molecule has 2 aromatic rings. The van der Waals surface area contributed by atoms with Crippen molar-refractivity contribution in [2.75, 3.05) is 7.11 Å². The summed E-state index contributed by atoms with van der Waals surface area (Å²) in [5, 5.41) is 0. The van der Waals surface area contributed by atoms with Crippen LogP contribution in [0.25, 0.3) is 17.2 Å². The van der Waals surface area contributed by atoms with Gasteiger partial charge in [-0.05, 0) is 127 Å². The molecule has 0 fully saturated rings. The standard InChI is InChI=1S/C29H38O/c1-5-7-11-21-17-24(18-22(12-8-6-2)29(21)30-4)28-19-23-15-20(3)16-27(23)25-13-9-10-14-26(25)28/h16-19H,5-15H2,1-4H3. The molecule has 2 aliphatic carbocycles. The Labute approximate surface area is 183 Å². The number of allylic oxidation sites excluding steroid dienone is 1. The molecule has 30 heavy (non-hydrogen) atoms. The molecule has 2 aromatic carbocycles. The predicted molar refractivity (Wildman–Crippen MR) is 130 cm³/mol. The minimum absolute atomic E-state index is 1.11. The van der Waals surface area contributed by atoms with Crippen molar-refractivity contribution in [2.45, 2.75) is 91.4 Å². The first kappa shape index (κ1) is 21.2. The van der Waals surface area contributed by atoms with E-state index in [1.54, 1.807) is 22.3 Å². The second-order valence-corrected chi connectivity index (χ2v) is 9.36. The summed E-state index contributed by atoms with van der Waals surface area (Å²) >= 11 is 0. The highest BCUT2D eigenvalue weighted by atomic mass is 16.5. The van der Waals surface area contributed by atoms with Crippen molar-refractivity contribution in [3.8, 4) is 16.9 Å². The van der Waals surface area contributed by atoms with Gasteiger partial charge in [0, 0.05) is 0 Å². The molecule has 0 heterocycles. The van der Waals surface area contributed by atoms with Crippen LogP contribution in [0.2, 0.25) is 0 Å². The number of hydrogen-bond donors (Lipinski definition) is 0. The van der Waals surface area contributed by atoms with E-state index in [2.05, 4.69) is 45.0 Å². The van der Waals surface area contributed by atoms with Crippen LogP contribution in [0.1, 0.15) is 92.7 Å². The molecular formula is C29H38O. The molecule has 0 saturated heterocycles. The Morgan fingerprint density at radius 3 is 2.10 bits per heavy atom. The Bertz CT molecular complexity index is 918. The third kappa shape index (κ3) is 4.09. The highest BCUT2D eigenvalue weighted by Gasteiger charge is 2.24. The second kappa shape index (κ2) is 9.41. The van der Waals surface area contributed by atoms with Gasteiger partial charge < -0.3 is 4.74 Å². The van der Waals surface area contributed by atoms with E-state index in [-0.39, 0.29) is 0 Å². The molecule has 160 valence electrons. The minimum atomic E-state index is 1.11. The summed E-state index contributed by atoms with van der Waals surface area (Å²) in [5.74, 6) is 1.15. The summed E-state index contributed by atoms with van der Waals surface area (Å²) in [4.78, 5) is 0. The lowest BCUT2D eigenvalue weighted by Crippen LogP contribution is -2.09. The van der Waals surface area contributed by atoms with Gasteiger partial charge in [0.25, 0.3) is 0 Å². The largest absolute Gasteiger partial charge is 0.496 e. The maximum atomic E-state index is 5.95. The molecule has 0 aliphatic heterocycles. The van der Waals surface area contributed by atoms with Crippen LogP contribution >= 0.6 is 0 Å². The van der Waals surface area contributed by atoms with E-state index >= 15 is 0 Å². The van der Waals surface area contributed by atoms with Gasteiger partial charge in [0.2, 0.25) is 0 Å². The highest BCUT2D eigenvalue weighted by molar-refractivity contribution is 5.79. The molecule has 0 amide bonds. The van der Waals surface area contributed by atoms with Gasteiger partial charge in [0.15, 0.2) is 0 Å². The molecule has 0 atom stereocenters. The fourth-order valence-corrected chi connectivity index (χ4v) is 5.49. The van der Waals surface area contributed by atoms with Crippen molar-refractivity contribution >= 4 is 6.08 Å². The number of rotatable bonds is 8. The first-order valence-electron chi connectivity index (χ1n) is 12.2. The fourth-order valence-electron chi connectivity index (χ4n) is 5.49. The lowest BCUT2D eigenvalue weighted by molar-refractivity contribution is 0.403. The predicted octanol–water partition coefficient (Wildman–Crippen LogP) is 7.89. The SMILES string of the molecule is CCCCc1cc(-c2cc3c(c4c2CCCC4)C=C(C)C3)cc(CCCC)c1OC. The summed E-state index contributed by atoms with van der Waals surface area (Å²) in [6.07, 6.45) is 15.8. The van der Waals surface area contributed by atoms with E-state index in [1.807, 2.05) is 7.11 Å². The summed E-state index contributed by atoms with van der Waals surface area (Å²) < 4.78 is 5.95. The molecule has 1 heteroatoms. The van der Waals surface area contributed by atoms with Gasteiger partial charge >= 0.3 is 0 Å². The molecular weight excluding hydrogens is 364 g/mol. The fraction of sp³-hybridized carbons (Fsp3) is 0.517. The smallest absolute Gasteiger partial charge is 0.125 e. The molecule has 0 unspecified atom stereocenters. The highest BCUT2D eigenvalue weighted by Crippen LogP contribution is 2.42. The van der Waals surface area contributed by atoms with Crippen LogP contribution in [-0.2, 0) is 32.1 Å². The van der Waals surface area contributed by atoms with Crippen LogP contribution in [0, 0.1) is 0 Å². The summed E-state index contributed by atoms with van der Waals surface area (Å²) in [5.41, 5.74) is 13.6. The maximum Gasteiger partial charge on any atom is 0.125 e. The normalized spacial score (nSPS) is 15.0. The Kier molecular flexibility index (Phi) is 6.66. The van der Waals surface area contributed by atoms with Gasteiger partial charge in [-0.15, -0.1) is 0 Å². The van der Waals surface area contributed by atoms with E-state index in [9.17, 15) is 0 Å². The number of methoxy groups -OCH3 is 1. The molecule has 0 spiro atoms. The van der Waals surface area contributed by atoms with Gasteiger partial charge in [-0.25, -0.2) is 0 Å². The monoisotopic (exact) mass is 402 g/mol. The third-order valence-corrected chi connectivity index (χ3v) is 7.00. The number of aryl methyl sites for hydroxylation is 2. The van der Waals surface area contributed by atoms with Crippen LogP contribution in [0.3, 0.4) is 0 Å². The van der Waals surface area contributed by atoms with Gasteiger partial charge in [-0.3, -0.25) is 0 Å². The number of benzene rings is 2. The number of hydrogen-bond acceptors (Lipinski definition) is 1. The van der Waals surface area contributed by atoms with Crippen molar-refractivity contribution in [2.24, 2.45) is 0 Å². The molecule has 0 N–H and O–H groups in total. The Morgan fingerprint density at radius 1 is 0.867 bits per heavy atom. The summed E-state index contributed by atoms with van der Waals surface area (Å²) in [7, 11) is 1.85. The summed E-state index contributed by atoms with van der Waals surface area (Å²) in [6, 6.07) is 7.44. The van der Waals surface area contributed by atoms with E-state index in [0.717, 1.165) is 25.0 Å². The van der Waals surface area contributed by atoms with Crippen molar-refractivity contribution < 1.29 is 4.74 Å². The van der Waals surface area contributed by atoms with Crippen molar-refractivity contribution in [1.82, 2.24) is 0 Å². The molecule has 0 radical (unpaired) electrons. The lowest BCUT2D eigenvalue weighted by Gasteiger charge is -2.24. The topological polar surface area (TPSA) is 9.23 Å². The van der Waals surface area contributed by atoms with Gasteiger partial charge in [0.1, 0.15) is 5.75 Å². The molecule has 0 bridgehead atoms. The van der Waals surface area contributed by atoms with E-state index in [1.165, 1.54) is 79.2 Å². The summed E-state index contributed by atoms with van der Waals surface area (Å²) in [6.45, 7) is 6.84. The van der Waals surface area contributed by atoms with Crippen LogP contribution in [0.15, 0.2) is 23.8 Å². The minimum Gasteiger partial charge on any atom is -0.496 e. The maximum absolute atomic E-state index is 5.95. The Morgan fingerprint density at radius 2 is 1.50 bits per heavy atom. The van der Waals surface area contributed by atoms with E-state index in [0.29, 0.717) is 0 Å². The zero-order chi connectivity index (χ0) is 21.1. The van der Waals surface area contributed by atoms with Crippen molar-refractivity contribution in [3.63, 3.8) is 0 Å². The zero-order valence-corrected chi connectivity index (χ0v) is 19.5. The number of fused-ring (bicyclic) bond motifs is 3. The lowest BCUT2D eigenvalue weighted by atomic mass is 9.81. The number of unbranched alkanes of at least 4 members (excludes halogenated alkanes) is 2. The average molecular weight is 403 g/mol. The van der Waals surface area contributed by atoms with Gasteiger partial charge in [-0.1, -0.05) is 38.3 Å². The van der Waals surface area contributed by atoms with Gasteiger partial charge in [0.05, 0.1) is 7.11 Å². The molecule has 1 nitrogen and oxygen atoms in total. The second-order valence-electron chi connectivity index (χ2n) is 9.36. The van der Waals surface area contributed by atoms with Gasteiger partial charge in [-0.2, -0.15) is 0 Å². The Balaban J connectivity index is 1.87. The van der Waals surface area contributed by atoms with Crippen molar-refractivity contribution in [1.29, 1.82) is 0 Å². The van der Waals surface area contributed by atoms with Crippen LogP contribution < -0.4 is 4.74 Å².